The van der Waals surface area contributed by atoms with Crippen molar-refractivity contribution in [1.29, 1.82) is 5.26 Å². The molecule has 1 aromatic carbocycles. The highest BCUT2D eigenvalue weighted by molar-refractivity contribution is 6.04. The highest BCUT2D eigenvalue weighted by Crippen LogP contribution is 2.43. The van der Waals surface area contributed by atoms with Gasteiger partial charge in [0.25, 0.3) is 0 Å². The molecule has 2 aliphatic rings. The third-order valence-electron chi connectivity index (χ3n) is 5.06. The summed E-state index contributed by atoms with van der Waals surface area (Å²) in [5.41, 5.74) is 8.79. The lowest BCUT2D eigenvalue weighted by molar-refractivity contribution is -0.139. The number of allylic oxidation sites excluding steroid dienone is 2. The minimum absolute atomic E-state index is 0.0137. The molecule has 1 atom stereocenters. The van der Waals surface area contributed by atoms with E-state index in [2.05, 4.69) is 11.4 Å². The normalized spacial score (nSPS) is 18.8. The lowest BCUT2D eigenvalue weighted by Gasteiger charge is -2.35. The van der Waals surface area contributed by atoms with Gasteiger partial charge in [0, 0.05) is 30.2 Å². The van der Waals surface area contributed by atoms with Crippen LogP contribution in [0.15, 0.2) is 46.8 Å². The van der Waals surface area contributed by atoms with E-state index in [-0.39, 0.29) is 19.0 Å². The molecule has 7 nitrogen and oxygen atoms in total. The van der Waals surface area contributed by atoms with Crippen LogP contribution < -0.4 is 11.1 Å². The number of rotatable bonds is 7. The summed E-state index contributed by atoms with van der Waals surface area (Å²) in [6, 6.07) is 9.24. The molecule has 3 rings (SSSR count). The predicted octanol–water partition coefficient (Wildman–Crippen LogP) is 2.04. The minimum Gasteiger partial charge on any atom is -0.463 e. The number of ether oxygens (including phenoxy) is 2. The SMILES string of the molecule is CCOC(=O)C1=C(COCCN)NC2=C(C(=O)CCC2)C1c1ccccc1C#N. The van der Waals surface area contributed by atoms with Gasteiger partial charge in [-0.05, 0) is 31.4 Å². The number of nitrogens with one attached hydrogen (secondary N) is 1. The second-order valence-electron chi connectivity index (χ2n) is 6.88. The molecule has 0 fully saturated rings. The van der Waals surface area contributed by atoms with Crippen molar-refractivity contribution in [3.63, 3.8) is 0 Å². The summed E-state index contributed by atoms with van der Waals surface area (Å²) in [6.45, 7) is 2.77. The Morgan fingerprint density at radius 1 is 1.34 bits per heavy atom. The van der Waals surface area contributed by atoms with Gasteiger partial charge in [-0.25, -0.2) is 4.79 Å². The molecule has 0 amide bonds. The van der Waals surface area contributed by atoms with Crippen LogP contribution in [0.3, 0.4) is 0 Å². The molecular weight excluding hydrogens is 370 g/mol. The third kappa shape index (κ3) is 4.24. The van der Waals surface area contributed by atoms with Crippen LogP contribution in [0.4, 0.5) is 0 Å². The van der Waals surface area contributed by atoms with Gasteiger partial charge in [-0.15, -0.1) is 0 Å². The van der Waals surface area contributed by atoms with E-state index in [1.807, 2.05) is 0 Å². The zero-order chi connectivity index (χ0) is 20.8. The van der Waals surface area contributed by atoms with E-state index < -0.39 is 11.9 Å². The third-order valence-corrected chi connectivity index (χ3v) is 5.06. The lowest BCUT2D eigenvalue weighted by Crippen LogP contribution is -2.37. The molecule has 0 radical (unpaired) electrons. The van der Waals surface area contributed by atoms with Crippen molar-refractivity contribution in [2.75, 3.05) is 26.4 Å². The zero-order valence-electron chi connectivity index (χ0n) is 16.5. The first-order valence-electron chi connectivity index (χ1n) is 9.82. The summed E-state index contributed by atoms with van der Waals surface area (Å²) in [5, 5.41) is 12.9. The Morgan fingerprint density at radius 3 is 2.86 bits per heavy atom. The Balaban J connectivity index is 2.20. The molecule has 0 spiro atoms. The summed E-state index contributed by atoms with van der Waals surface area (Å²) < 4.78 is 10.9. The van der Waals surface area contributed by atoms with Crippen molar-refractivity contribution < 1.29 is 19.1 Å². The predicted molar refractivity (Wildman–Crippen MR) is 106 cm³/mol. The van der Waals surface area contributed by atoms with Crippen LogP contribution in [0, 0.1) is 11.3 Å². The van der Waals surface area contributed by atoms with Crippen LogP contribution in [0.2, 0.25) is 0 Å². The molecular formula is C22H25N3O4. The van der Waals surface area contributed by atoms with Crippen LogP contribution in [-0.2, 0) is 19.1 Å². The number of Topliss-reactive ketones (excluding diaryl/α,β-unsaturated/α-hetero) is 1. The summed E-state index contributed by atoms with van der Waals surface area (Å²) >= 11 is 0. The fourth-order valence-electron chi connectivity index (χ4n) is 3.88. The van der Waals surface area contributed by atoms with E-state index in [1.165, 1.54) is 0 Å². The summed E-state index contributed by atoms with van der Waals surface area (Å²) in [6.07, 6.45) is 1.85. The van der Waals surface area contributed by atoms with Crippen LogP contribution in [0.25, 0.3) is 0 Å². The van der Waals surface area contributed by atoms with Gasteiger partial charge in [-0.3, -0.25) is 4.79 Å². The Hall–Kier alpha value is -2.95. The van der Waals surface area contributed by atoms with Gasteiger partial charge in [0.15, 0.2) is 5.78 Å². The number of hydrogen-bond acceptors (Lipinski definition) is 7. The molecule has 0 saturated carbocycles. The molecule has 1 aromatic rings. The van der Waals surface area contributed by atoms with Crippen molar-refractivity contribution in [3.8, 4) is 6.07 Å². The van der Waals surface area contributed by atoms with E-state index in [0.29, 0.717) is 54.0 Å². The molecule has 152 valence electrons. The van der Waals surface area contributed by atoms with Crippen LogP contribution >= 0.6 is 0 Å². The van der Waals surface area contributed by atoms with Crippen LogP contribution in [0.1, 0.15) is 43.2 Å². The molecule has 1 heterocycles. The number of hydrogen-bond donors (Lipinski definition) is 2. The van der Waals surface area contributed by atoms with Gasteiger partial charge in [-0.1, -0.05) is 18.2 Å². The summed E-state index contributed by atoms with van der Waals surface area (Å²) in [5.74, 6) is -1.19. The maximum atomic E-state index is 13.0. The fraction of sp³-hybridized carbons (Fsp3) is 0.409. The Morgan fingerprint density at radius 2 is 2.14 bits per heavy atom. The maximum Gasteiger partial charge on any atom is 0.336 e. The fourth-order valence-corrected chi connectivity index (χ4v) is 3.88. The number of esters is 1. The van der Waals surface area contributed by atoms with Gasteiger partial charge >= 0.3 is 5.97 Å². The molecule has 1 unspecified atom stereocenters. The van der Waals surface area contributed by atoms with Gasteiger partial charge in [0.2, 0.25) is 0 Å². The average Bonchev–Trinajstić information content (AvgIpc) is 2.73. The zero-order valence-corrected chi connectivity index (χ0v) is 16.5. The number of nitrogens with two attached hydrogens (primary N) is 1. The smallest absolute Gasteiger partial charge is 0.336 e. The van der Waals surface area contributed by atoms with E-state index in [9.17, 15) is 14.9 Å². The second-order valence-corrected chi connectivity index (χ2v) is 6.88. The van der Waals surface area contributed by atoms with Gasteiger partial charge in [0.05, 0.1) is 42.7 Å². The van der Waals surface area contributed by atoms with Crippen LogP contribution in [-0.4, -0.2) is 38.1 Å². The van der Waals surface area contributed by atoms with Crippen molar-refractivity contribution in [3.05, 3.63) is 57.9 Å². The standard InChI is InChI=1S/C22H25N3O4/c1-2-29-22(27)21-17(13-28-11-10-23)25-16-8-5-9-18(26)20(16)19(21)15-7-4-3-6-14(15)12-24/h3-4,6-7,19,25H,2,5,8-11,13,23H2,1H3. The van der Waals surface area contributed by atoms with Crippen molar-refractivity contribution >= 4 is 11.8 Å². The first-order chi connectivity index (χ1) is 14.1. The Bertz CT molecular complexity index is 911. The molecule has 3 N–H and O–H groups in total. The minimum atomic E-state index is -0.662. The molecule has 29 heavy (non-hydrogen) atoms. The lowest BCUT2D eigenvalue weighted by atomic mass is 9.74. The summed E-state index contributed by atoms with van der Waals surface area (Å²) in [4.78, 5) is 25.9. The van der Waals surface area contributed by atoms with E-state index in [0.717, 1.165) is 12.1 Å². The number of nitriles is 1. The van der Waals surface area contributed by atoms with E-state index in [1.54, 1.807) is 31.2 Å². The molecule has 0 bridgehead atoms. The molecule has 0 aromatic heterocycles. The van der Waals surface area contributed by atoms with E-state index >= 15 is 0 Å². The van der Waals surface area contributed by atoms with Crippen molar-refractivity contribution in [2.24, 2.45) is 5.73 Å². The Labute approximate surface area is 170 Å². The van der Waals surface area contributed by atoms with Gasteiger partial charge < -0.3 is 20.5 Å². The second kappa shape index (κ2) is 9.50. The maximum absolute atomic E-state index is 13.0. The van der Waals surface area contributed by atoms with Gasteiger partial charge in [-0.2, -0.15) is 5.26 Å². The average molecular weight is 395 g/mol. The molecule has 7 heteroatoms. The number of dihydropyridines is 1. The monoisotopic (exact) mass is 395 g/mol. The van der Waals surface area contributed by atoms with E-state index in [4.69, 9.17) is 15.2 Å². The number of nitrogens with zero attached hydrogens (tertiary/aromatic N) is 1. The molecule has 1 aliphatic carbocycles. The highest BCUT2D eigenvalue weighted by Gasteiger charge is 2.40. The van der Waals surface area contributed by atoms with Gasteiger partial charge in [0.1, 0.15) is 0 Å². The number of carbonyl (C=O) groups is 2. The quantitative estimate of drug-likeness (QED) is 0.536. The largest absolute Gasteiger partial charge is 0.463 e. The Kier molecular flexibility index (Phi) is 6.81. The number of benzene rings is 1. The highest BCUT2D eigenvalue weighted by atomic mass is 16.5. The summed E-state index contributed by atoms with van der Waals surface area (Å²) in [7, 11) is 0. The number of carbonyl (C=O) groups excluding carboxylic acids is 2. The first kappa shape index (κ1) is 20.8. The molecule has 0 saturated heterocycles. The first-order valence-corrected chi connectivity index (χ1v) is 9.82. The van der Waals surface area contributed by atoms with Crippen LogP contribution in [0.5, 0.6) is 0 Å². The molecule has 1 aliphatic heterocycles. The topological polar surface area (TPSA) is 114 Å². The van der Waals surface area contributed by atoms with Crippen molar-refractivity contribution in [1.82, 2.24) is 5.32 Å². The number of ketones is 1. The van der Waals surface area contributed by atoms with Crippen molar-refractivity contribution in [2.45, 2.75) is 32.1 Å².